The van der Waals surface area contributed by atoms with Gasteiger partial charge in [0.05, 0.1) is 22.5 Å². The number of fused-ring (bicyclic) bond motifs is 1. The number of hydrogen-bond acceptors (Lipinski definition) is 5. The number of nitrogens with zero attached hydrogens (tertiary/aromatic N) is 1. The van der Waals surface area contributed by atoms with Crippen LogP contribution in [-0.2, 0) is 14.6 Å². The fraction of sp³-hybridized carbons (Fsp3) is 0.333. The number of anilines is 2. The molecular weight excluding hydrogens is 356 g/mol. The molecule has 0 fully saturated rings. The summed E-state index contributed by atoms with van der Waals surface area (Å²) in [5.41, 5.74) is 0.738. The Morgan fingerprint density at radius 3 is 2.62 bits per heavy atom. The number of carbonyl (C=O) groups is 2. The van der Waals surface area contributed by atoms with E-state index in [0.717, 1.165) is 6.26 Å². The molecule has 0 saturated heterocycles. The van der Waals surface area contributed by atoms with Crippen molar-refractivity contribution < 1.29 is 22.4 Å². The minimum atomic E-state index is -3.44. The number of sulfone groups is 1. The second-order valence-corrected chi connectivity index (χ2v) is 8.75. The van der Waals surface area contributed by atoms with Crippen molar-refractivity contribution in [1.29, 1.82) is 0 Å². The quantitative estimate of drug-likeness (QED) is 0.885. The molecule has 0 aliphatic carbocycles. The molecule has 1 unspecified atom stereocenters. The summed E-state index contributed by atoms with van der Waals surface area (Å²) in [6, 6.07) is 6.77. The minimum absolute atomic E-state index is 0.0734. The van der Waals surface area contributed by atoms with E-state index in [1.807, 2.05) is 13.8 Å². The van der Waals surface area contributed by atoms with Crippen molar-refractivity contribution in [1.82, 2.24) is 0 Å². The van der Waals surface area contributed by atoms with Gasteiger partial charge in [-0.25, -0.2) is 8.42 Å². The molecule has 1 aliphatic rings. The van der Waals surface area contributed by atoms with E-state index in [1.54, 1.807) is 12.1 Å². The zero-order valence-corrected chi connectivity index (χ0v) is 15.5. The maximum absolute atomic E-state index is 13.0. The van der Waals surface area contributed by atoms with Crippen LogP contribution in [0.3, 0.4) is 0 Å². The van der Waals surface area contributed by atoms with Gasteiger partial charge in [0.2, 0.25) is 5.91 Å². The van der Waals surface area contributed by atoms with Crippen LogP contribution in [0.5, 0.6) is 0 Å². The molecule has 0 radical (unpaired) electrons. The van der Waals surface area contributed by atoms with Gasteiger partial charge in [-0.3, -0.25) is 14.5 Å². The van der Waals surface area contributed by atoms with Crippen LogP contribution in [0.1, 0.15) is 30.8 Å². The molecule has 1 atom stereocenters. The Bertz CT molecular complexity index is 948. The monoisotopic (exact) mass is 376 g/mol. The summed E-state index contributed by atoms with van der Waals surface area (Å²) in [6.45, 7) is 3.93. The van der Waals surface area contributed by atoms with E-state index in [4.69, 9.17) is 4.42 Å². The topological polar surface area (TPSA) is 96.7 Å². The molecule has 1 aromatic heterocycles. The highest BCUT2D eigenvalue weighted by Gasteiger charge is 2.38. The lowest BCUT2D eigenvalue weighted by Crippen LogP contribution is -2.51. The van der Waals surface area contributed by atoms with Crippen molar-refractivity contribution in [3.63, 3.8) is 0 Å². The summed E-state index contributed by atoms with van der Waals surface area (Å²) in [4.78, 5) is 27.1. The molecule has 8 heteroatoms. The fourth-order valence-corrected chi connectivity index (χ4v) is 3.63. The van der Waals surface area contributed by atoms with Crippen molar-refractivity contribution in [2.75, 3.05) is 16.5 Å². The van der Waals surface area contributed by atoms with E-state index >= 15 is 0 Å². The molecule has 1 N–H and O–H groups in total. The molecule has 0 spiro atoms. The molecule has 7 nitrogen and oxygen atoms in total. The normalized spacial score (nSPS) is 17.2. The minimum Gasteiger partial charge on any atom is -0.459 e. The molecule has 2 heterocycles. The predicted molar refractivity (Wildman–Crippen MR) is 96.9 cm³/mol. The molecule has 0 bridgehead atoms. The predicted octanol–water partition coefficient (Wildman–Crippen LogP) is 2.70. The third-order valence-electron chi connectivity index (χ3n) is 4.17. The first kappa shape index (κ1) is 18.2. The highest BCUT2D eigenvalue weighted by atomic mass is 32.2. The van der Waals surface area contributed by atoms with E-state index in [-0.39, 0.29) is 28.2 Å². The molecule has 2 aromatic rings. The van der Waals surface area contributed by atoms with Gasteiger partial charge in [-0.1, -0.05) is 13.8 Å². The summed E-state index contributed by atoms with van der Waals surface area (Å²) in [5.74, 6) is -0.498. The summed E-state index contributed by atoms with van der Waals surface area (Å²) < 4.78 is 28.8. The van der Waals surface area contributed by atoms with E-state index in [9.17, 15) is 18.0 Å². The Labute approximate surface area is 151 Å². The number of nitrogens with one attached hydrogen (secondary N) is 1. The first-order valence-corrected chi connectivity index (χ1v) is 10.1. The standard InChI is InChI=1S/C18H20N2O5S/c1-11(2)9-15-17(21)19-13-10-12(26(3,23)24)6-7-14(13)20(15)18(22)16-5-4-8-25-16/h4-8,10-11,15H,9H2,1-3H3,(H,19,21). The van der Waals surface area contributed by atoms with Crippen molar-refractivity contribution in [2.24, 2.45) is 5.92 Å². The number of hydrogen-bond donors (Lipinski definition) is 1. The number of furan rings is 1. The lowest BCUT2D eigenvalue weighted by molar-refractivity contribution is -0.117. The van der Waals surface area contributed by atoms with Crippen molar-refractivity contribution in [3.05, 3.63) is 42.4 Å². The Morgan fingerprint density at radius 2 is 2.04 bits per heavy atom. The molecule has 3 rings (SSSR count). The third-order valence-corrected chi connectivity index (χ3v) is 5.28. The average Bonchev–Trinajstić information content (AvgIpc) is 3.07. The largest absolute Gasteiger partial charge is 0.459 e. The van der Waals surface area contributed by atoms with Crippen LogP contribution in [0, 0.1) is 5.92 Å². The molecule has 26 heavy (non-hydrogen) atoms. The van der Waals surface area contributed by atoms with Crippen molar-refractivity contribution >= 4 is 33.0 Å². The zero-order valence-electron chi connectivity index (χ0n) is 14.7. The van der Waals surface area contributed by atoms with Gasteiger partial charge >= 0.3 is 0 Å². The van der Waals surface area contributed by atoms with E-state index in [1.165, 1.54) is 29.4 Å². The van der Waals surface area contributed by atoms with Gasteiger partial charge in [-0.15, -0.1) is 0 Å². The average molecular weight is 376 g/mol. The molecule has 2 amide bonds. The SMILES string of the molecule is CC(C)CC1C(=O)Nc2cc(S(C)(=O)=O)ccc2N1C(=O)c1ccco1. The molecule has 1 aromatic carbocycles. The smallest absolute Gasteiger partial charge is 0.294 e. The molecular formula is C18H20N2O5S. The fourth-order valence-electron chi connectivity index (χ4n) is 2.99. The Hall–Kier alpha value is -2.61. The summed E-state index contributed by atoms with van der Waals surface area (Å²) in [6.07, 6.45) is 2.95. The lowest BCUT2D eigenvalue weighted by atomic mass is 9.98. The van der Waals surface area contributed by atoms with Crippen LogP contribution in [0.25, 0.3) is 0 Å². The van der Waals surface area contributed by atoms with Crippen LogP contribution in [0.2, 0.25) is 0 Å². The Balaban J connectivity index is 2.13. The highest BCUT2D eigenvalue weighted by Crippen LogP contribution is 2.36. The summed E-state index contributed by atoms with van der Waals surface area (Å²) in [7, 11) is -3.44. The van der Waals surface area contributed by atoms with Crippen molar-refractivity contribution in [2.45, 2.75) is 31.2 Å². The number of benzene rings is 1. The first-order chi connectivity index (χ1) is 12.2. The molecule has 0 saturated carbocycles. The molecule has 1 aliphatic heterocycles. The lowest BCUT2D eigenvalue weighted by Gasteiger charge is -2.37. The van der Waals surface area contributed by atoms with Crippen LogP contribution in [0.4, 0.5) is 11.4 Å². The summed E-state index contributed by atoms with van der Waals surface area (Å²) in [5, 5.41) is 2.73. The number of carbonyl (C=O) groups excluding carboxylic acids is 2. The third kappa shape index (κ3) is 3.37. The first-order valence-electron chi connectivity index (χ1n) is 8.20. The van der Waals surface area contributed by atoms with Crippen LogP contribution in [-0.4, -0.2) is 32.5 Å². The number of rotatable bonds is 4. The van der Waals surface area contributed by atoms with E-state index < -0.39 is 21.8 Å². The van der Waals surface area contributed by atoms with Crippen LogP contribution >= 0.6 is 0 Å². The van der Waals surface area contributed by atoms with Crippen LogP contribution < -0.4 is 10.2 Å². The number of amides is 2. The van der Waals surface area contributed by atoms with Gasteiger partial charge in [0.1, 0.15) is 6.04 Å². The maximum Gasteiger partial charge on any atom is 0.294 e. The van der Waals surface area contributed by atoms with Gasteiger partial charge < -0.3 is 9.73 Å². The van der Waals surface area contributed by atoms with E-state index in [2.05, 4.69) is 5.32 Å². The second-order valence-electron chi connectivity index (χ2n) is 6.74. The maximum atomic E-state index is 13.0. The Morgan fingerprint density at radius 1 is 1.31 bits per heavy atom. The van der Waals surface area contributed by atoms with Crippen LogP contribution in [0.15, 0.2) is 45.9 Å². The van der Waals surface area contributed by atoms with Gasteiger partial charge in [0.15, 0.2) is 15.6 Å². The highest BCUT2D eigenvalue weighted by molar-refractivity contribution is 7.90. The van der Waals surface area contributed by atoms with Gasteiger partial charge in [0.25, 0.3) is 5.91 Å². The van der Waals surface area contributed by atoms with Crippen molar-refractivity contribution in [3.8, 4) is 0 Å². The molecule has 138 valence electrons. The summed E-state index contributed by atoms with van der Waals surface area (Å²) >= 11 is 0. The zero-order chi connectivity index (χ0) is 19.1. The van der Waals surface area contributed by atoms with Gasteiger partial charge in [-0.2, -0.15) is 0 Å². The van der Waals surface area contributed by atoms with Gasteiger partial charge in [-0.05, 0) is 42.7 Å². The van der Waals surface area contributed by atoms with E-state index in [0.29, 0.717) is 12.1 Å². The Kier molecular flexibility index (Phi) is 4.62. The second kappa shape index (κ2) is 6.60. The van der Waals surface area contributed by atoms with Gasteiger partial charge in [0, 0.05) is 6.26 Å².